The molecule has 110 valence electrons. The van der Waals surface area contributed by atoms with E-state index in [0.717, 1.165) is 0 Å². The van der Waals surface area contributed by atoms with Crippen molar-refractivity contribution in [3.8, 4) is 17.6 Å². The third-order valence-electron chi connectivity index (χ3n) is 2.78. The van der Waals surface area contributed by atoms with Crippen LogP contribution in [0.5, 0.6) is 11.5 Å². The molecule has 0 saturated carbocycles. The molecule has 6 heteroatoms. The Morgan fingerprint density at radius 3 is 2.50 bits per heavy atom. The summed E-state index contributed by atoms with van der Waals surface area (Å²) in [7, 11) is 0. The Morgan fingerprint density at radius 1 is 1.18 bits per heavy atom. The minimum atomic E-state index is -0.604. The van der Waals surface area contributed by atoms with Gasteiger partial charge in [-0.25, -0.2) is 0 Å². The molecule has 2 rings (SSSR count). The van der Waals surface area contributed by atoms with E-state index in [1.807, 2.05) is 0 Å². The summed E-state index contributed by atoms with van der Waals surface area (Å²) in [4.78, 5) is 12.1. The third kappa shape index (κ3) is 3.87. The predicted octanol–water partition coefficient (Wildman–Crippen LogP) is 3.41. The minimum absolute atomic E-state index is 0.0339. The van der Waals surface area contributed by atoms with Crippen LogP contribution in [0.2, 0.25) is 0 Å². The molecule has 22 heavy (non-hydrogen) atoms. The zero-order chi connectivity index (χ0) is 16.1. The lowest BCUT2D eigenvalue weighted by Gasteiger charge is -2.05. The highest BCUT2D eigenvalue weighted by Gasteiger charge is 2.11. The molecule has 0 aromatic heterocycles. The first-order valence-electron chi connectivity index (χ1n) is 6.20. The van der Waals surface area contributed by atoms with Crippen LogP contribution in [-0.2, 0) is 4.79 Å². The van der Waals surface area contributed by atoms with Crippen molar-refractivity contribution >= 4 is 33.6 Å². The van der Waals surface area contributed by atoms with Crippen LogP contribution in [0.4, 0.5) is 5.69 Å². The van der Waals surface area contributed by atoms with Crippen LogP contribution in [0.25, 0.3) is 6.08 Å². The molecule has 2 aromatic rings. The fourth-order valence-electron chi connectivity index (χ4n) is 1.69. The second-order valence-electron chi connectivity index (χ2n) is 4.37. The maximum absolute atomic E-state index is 12.1. The first-order chi connectivity index (χ1) is 10.5. The van der Waals surface area contributed by atoms with E-state index in [4.69, 9.17) is 5.26 Å². The van der Waals surface area contributed by atoms with Gasteiger partial charge in [-0.3, -0.25) is 4.79 Å². The molecule has 1 amide bonds. The topological polar surface area (TPSA) is 93.3 Å². The van der Waals surface area contributed by atoms with E-state index >= 15 is 0 Å². The molecular weight excluding hydrogens is 348 g/mol. The van der Waals surface area contributed by atoms with Crippen LogP contribution in [0.15, 0.2) is 52.5 Å². The Hall–Kier alpha value is -2.78. The van der Waals surface area contributed by atoms with Gasteiger partial charge < -0.3 is 15.5 Å². The van der Waals surface area contributed by atoms with Gasteiger partial charge >= 0.3 is 0 Å². The van der Waals surface area contributed by atoms with E-state index in [-0.39, 0.29) is 17.1 Å². The second kappa shape index (κ2) is 6.78. The number of nitrogens with one attached hydrogen (secondary N) is 1. The van der Waals surface area contributed by atoms with Crippen LogP contribution in [-0.4, -0.2) is 16.1 Å². The van der Waals surface area contributed by atoms with Crippen molar-refractivity contribution < 1.29 is 15.0 Å². The smallest absolute Gasteiger partial charge is 0.266 e. The molecule has 0 fully saturated rings. The first kappa shape index (κ1) is 15.6. The number of aromatic hydroxyl groups is 2. The van der Waals surface area contributed by atoms with Crippen molar-refractivity contribution in [2.75, 3.05) is 5.32 Å². The van der Waals surface area contributed by atoms with Gasteiger partial charge in [-0.15, -0.1) is 0 Å². The average Bonchev–Trinajstić information content (AvgIpc) is 2.50. The number of hydrogen-bond acceptors (Lipinski definition) is 4. The van der Waals surface area contributed by atoms with Crippen molar-refractivity contribution in [1.82, 2.24) is 0 Å². The lowest BCUT2D eigenvalue weighted by Crippen LogP contribution is -2.13. The van der Waals surface area contributed by atoms with E-state index in [9.17, 15) is 15.0 Å². The molecule has 0 aliphatic carbocycles. The van der Waals surface area contributed by atoms with Gasteiger partial charge in [0, 0.05) is 15.7 Å². The Balaban J connectivity index is 2.25. The zero-order valence-corrected chi connectivity index (χ0v) is 12.8. The van der Waals surface area contributed by atoms with E-state index in [0.29, 0.717) is 15.7 Å². The molecule has 0 aliphatic heterocycles. The molecule has 0 atom stereocenters. The van der Waals surface area contributed by atoms with Gasteiger partial charge in [0.15, 0.2) is 0 Å². The standard InChI is InChI=1S/C16H11BrN2O3/c17-12-1-6-15(21)10(8-12)7-11(9-18)16(22)19-13-2-4-14(20)5-3-13/h1-8,20-21H,(H,19,22). The number of benzene rings is 2. The number of phenolic OH excluding ortho intramolecular Hbond substituents is 2. The molecular formula is C16H11BrN2O3. The van der Waals surface area contributed by atoms with E-state index in [1.165, 1.54) is 36.4 Å². The third-order valence-corrected chi connectivity index (χ3v) is 3.27. The number of nitriles is 1. The fraction of sp³-hybridized carbons (Fsp3) is 0. The van der Waals surface area contributed by atoms with Crippen LogP contribution < -0.4 is 5.32 Å². The number of rotatable bonds is 3. The Labute approximate surface area is 135 Å². The number of phenols is 2. The summed E-state index contributed by atoms with van der Waals surface area (Å²) in [5, 5.41) is 30.6. The van der Waals surface area contributed by atoms with E-state index in [1.54, 1.807) is 18.2 Å². The second-order valence-corrected chi connectivity index (χ2v) is 5.29. The number of carbonyl (C=O) groups excluding carboxylic acids is 1. The highest BCUT2D eigenvalue weighted by atomic mass is 79.9. The van der Waals surface area contributed by atoms with Gasteiger partial charge in [0.05, 0.1) is 0 Å². The number of amides is 1. The van der Waals surface area contributed by atoms with E-state index in [2.05, 4.69) is 21.2 Å². The summed E-state index contributed by atoms with van der Waals surface area (Å²) in [6, 6.07) is 12.4. The summed E-state index contributed by atoms with van der Waals surface area (Å²) >= 11 is 3.26. The highest BCUT2D eigenvalue weighted by molar-refractivity contribution is 9.10. The minimum Gasteiger partial charge on any atom is -0.508 e. The van der Waals surface area contributed by atoms with Crippen LogP contribution in [0.3, 0.4) is 0 Å². The number of halogens is 1. The summed E-state index contributed by atoms with van der Waals surface area (Å²) in [5.41, 5.74) is 0.649. The maximum atomic E-state index is 12.1. The Morgan fingerprint density at radius 2 is 1.86 bits per heavy atom. The van der Waals surface area contributed by atoms with Gasteiger partial charge in [0.2, 0.25) is 0 Å². The molecule has 0 spiro atoms. The molecule has 0 saturated heterocycles. The molecule has 3 N–H and O–H groups in total. The highest BCUT2D eigenvalue weighted by Crippen LogP contribution is 2.24. The summed E-state index contributed by atoms with van der Waals surface area (Å²) in [6.07, 6.45) is 1.30. The summed E-state index contributed by atoms with van der Waals surface area (Å²) in [6.45, 7) is 0. The molecule has 0 radical (unpaired) electrons. The lowest BCUT2D eigenvalue weighted by atomic mass is 10.1. The van der Waals surface area contributed by atoms with Crippen molar-refractivity contribution in [2.45, 2.75) is 0 Å². The zero-order valence-electron chi connectivity index (χ0n) is 11.2. The normalized spacial score (nSPS) is 10.8. The molecule has 0 heterocycles. The van der Waals surface area contributed by atoms with Crippen molar-refractivity contribution in [1.29, 1.82) is 5.26 Å². The predicted molar refractivity (Wildman–Crippen MR) is 86.1 cm³/mol. The Kier molecular flexibility index (Phi) is 4.81. The SMILES string of the molecule is N#CC(=Cc1cc(Br)ccc1O)C(=O)Nc1ccc(O)cc1. The molecule has 5 nitrogen and oxygen atoms in total. The molecule has 0 unspecified atom stereocenters. The van der Waals surface area contributed by atoms with Crippen LogP contribution in [0.1, 0.15) is 5.56 Å². The van der Waals surface area contributed by atoms with Gasteiger partial charge in [0.1, 0.15) is 23.1 Å². The average molecular weight is 359 g/mol. The lowest BCUT2D eigenvalue weighted by molar-refractivity contribution is -0.112. The number of hydrogen-bond donors (Lipinski definition) is 3. The first-order valence-corrected chi connectivity index (χ1v) is 6.99. The van der Waals surface area contributed by atoms with E-state index < -0.39 is 5.91 Å². The quantitative estimate of drug-likeness (QED) is 0.445. The largest absolute Gasteiger partial charge is 0.508 e. The molecule has 0 aliphatic rings. The maximum Gasteiger partial charge on any atom is 0.266 e. The number of carbonyl (C=O) groups is 1. The summed E-state index contributed by atoms with van der Waals surface area (Å²) in [5.74, 6) is -0.561. The molecule has 2 aromatic carbocycles. The van der Waals surface area contributed by atoms with Gasteiger partial charge in [-0.1, -0.05) is 15.9 Å². The van der Waals surface area contributed by atoms with Crippen LogP contribution in [0, 0.1) is 11.3 Å². The van der Waals surface area contributed by atoms with Gasteiger partial charge in [0.25, 0.3) is 5.91 Å². The van der Waals surface area contributed by atoms with Gasteiger partial charge in [-0.05, 0) is 48.5 Å². The Bertz CT molecular complexity index is 777. The van der Waals surface area contributed by atoms with Crippen molar-refractivity contribution in [2.24, 2.45) is 0 Å². The number of nitrogens with zero attached hydrogens (tertiary/aromatic N) is 1. The molecule has 0 bridgehead atoms. The van der Waals surface area contributed by atoms with Gasteiger partial charge in [-0.2, -0.15) is 5.26 Å². The fourth-order valence-corrected chi connectivity index (χ4v) is 2.07. The number of anilines is 1. The summed E-state index contributed by atoms with van der Waals surface area (Å²) < 4.78 is 0.716. The van der Waals surface area contributed by atoms with Crippen LogP contribution >= 0.6 is 15.9 Å². The van der Waals surface area contributed by atoms with Crippen molar-refractivity contribution in [3.63, 3.8) is 0 Å². The monoisotopic (exact) mass is 358 g/mol. The van der Waals surface area contributed by atoms with Crippen molar-refractivity contribution in [3.05, 3.63) is 58.1 Å².